The van der Waals surface area contributed by atoms with Gasteiger partial charge in [0.05, 0.1) is 6.54 Å². The number of hydrogen-bond donors (Lipinski definition) is 0. The third-order valence-electron chi connectivity index (χ3n) is 3.58. The smallest absolute Gasteiger partial charge is 0.278 e. The molecule has 1 aliphatic rings. The van der Waals surface area contributed by atoms with Gasteiger partial charge < -0.3 is 0 Å². The van der Waals surface area contributed by atoms with Gasteiger partial charge in [-0.3, -0.25) is 14.5 Å². The van der Waals surface area contributed by atoms with Crippen molar-refractivity contribution in [3.8, 4) is 0 Å². The maximum Gasteiger partial charge on any atom is 0.288 e. The third-order valence-corrected chi connectivity index (χ3v) is 4.41. The number of halogens is 2. The normalized spacial score (nSPS) is 22.9. The molecule has 0 spiro atoms. The first-order valence-corrected chi connectivity index (χ1v) is 7.17. The SMILES string of the molecule is C[C@@H]1C(=O)N(Cc2ccccc2SC(F)F)C(=O)[C@@H]1C. The summed E-state index contributed by atoms with van der Waals surface area (Å²) in [6.07, 6.45) is 0. The second kappa shape index (κ2) is 5.91. The van der Waals surface area contributed by atoms with Crippen molar-refractivity contribution in [2.75, 3.05) is 0 Å². The molecule has 0 bridgehead atoms. The molecule has 6 heteroatoms. The van der Waals surface area contributed by atoms with E-state index >= 15 is 0 Å². The van der Waals surface area contributed by atoms with E-state index < -0.39 is 5.76 Å². The molecule has 108 valence electrons. The lowest BCUT2D eigenvalue weighted by molar-refractivity contribution is -0.140. The van der Waals surface area contributed by atoms with E-state index in [-0.39, 0.29) is 30.2 Å². The van der Waals surface area contributed by atoms with Crippen LogP contribution in [-0.4, -0.2) is 22.5 Å². The van der Waals surface area contributed by atoms with E-state index in [1.54, 1.807) is 38.1 Å². The Morgan fingerprint density at radius 2 is 1.70 bits per heavy atom. The quantitative estimate of drug-likeness (QED) is 0.633. The van der Waals surface area contributed by atoms with Crippen LogP contribution in [0.15, 0.2) is 29.2 Å². The molecule has 2 rings (SSSR count). The van der Waals surface area contributed by atoms with Crippen LogP contribution in [0.1, 0.15) is 19.4 Å². The van der Waals surface area contributed by atoms with Crippen LogP contribution in [0, 0.1) is 11.8 Å². The van der Waals surface area contributed by atoms with Gasteiger partial charge in [-0.2, -0.15) is 8.78 Å². The molecule has 0 saturated carbocycles. The summed E-state index contributed by atoms with van der Waals surface area (Å²) in [5.41, 5.74) is 0.570. The van der Waals surface area contributed by atoms with Crippen molar-refractivity contribution >= 4 is 23.6 Å². The van der Waals surface area contributed by atoms with Crippen LogP contribution in [0.3, 0.4) is 0 Å². The molecule has 1 aliphatic heterocycles. The molecule has 1 heterocycles. The summed E-state index contributed by atoms with van der Waals surface area (Å²) in [6.45, 7) is 3.48. The Hall–Kier alpha value is -1.43. The number of hydrogen-bond acceptors (Lipinski definition) is 3. The molecule has 1 saturated heterocycles. The van der Waals surface area contributed by atoms with Crippen LogP contribution in [0.2, 0.25) is 0 Å². The first kappa shape index (κ1) is 15.0. The highest BCUT2D eigenvalue weighted by Gasteiger charge is 2.42. The fraction of sp³-hybridized carbons (Fsp3) is 0.429. The number of alkyl halides is 2. The summed E-state index contributed by atoms with van der Waals surface area (Å²) in [7, 11) is 0. The van der Waals surface area contributed by atoms with E-state index in [9.17, 15) is 18.4 Å². The molecule has 2 amide bonds. The minimum absolute atomic E-state index is 0.0578. The fourth-order valence-corrected chi connectivity index (χ4v) is 2.83. The summed E-state index contributed by atoms with van der Waals surface area (Å²) >= 11 is 0.430. The van der Waals surface area contributed by atoms with E-state index in [2.05, 4.69) is 0 Å². The van der Waals surface area contributed by atoms with Crippen molar-refractivity contribution in [2.45, 2.75) is 31.0 Å². The largest absolute Gasteiger partial charge is 0.288 e. The minimum Gasteiger partial charge on any atom is -0.278 e. The summed E-state index contributed by atoms with van der Waals surface area (Å²) in [4.78, 5) is 25.6. The molecule has 3 nitrogen and oxygen atoms in total. The van der Waals surface area contributed by atoms with Crippen LogP contribution in [0.5, 0.6) is 0 Å². The van der Waals surface area contributed by atoms with Crippen LogP contribution < -0.4 is 0 Å². The van der Waals surface area contributed by atoms with Crippen molar-refractivity contribution in [1.29, 1.82) is 0 Å². The molecule has 0 unspecified atom stereocenters. The molecule has 1 aromatic carbocycles. The summed E-state index contributed by atoms with van der Waals surface area (Å²) in [6, 6.07) is 6.61. The van der Waals surface area contributed by atoms with Crippen molar-refractivity contribution in [2.24, 2.45) is 11.8 Å². The number of nitrogens with zero attached hydrogens (tertiary/aromatic N) is 1. The molecular formula is C14H15F2NO2S. The highest BCUT2D eigenvalue weighted by molar-refractivity contribution is 7.99. The van der Waals surface area contributed by atoms with Gasteiger partial charge in [0.2, 0.25) is 11.8 Å². The van der Waals surface area contributed by atoms with Gasteiger partial charge in [0.1, 0.15) is 0 Å². The maximum absolute atomic E-state index is 12.5. The van der Waals surface area contributed by atoms with Crippen molar-refractivity contribution in [3.05, 3.63) is 29.8 Å². The first-order valence-electron chi connectivity index (χ1n) is 6.29. The van der Waals surface area contributed by atoms with Gasteiger partial charge in [0.15, 0.2) is 0 Å². The molecule has 1 aromatic rings. The van der Waals surface area contributed by atoms with Gasteiger partial charge >= 0.3 is 0 Å². The molecule has 0 aliphatic carbocycles. The molecule has 2 atom stereocenters. The fourth-order valence-electron chi connectivity index (χ4n) is 2.20. The standard InChI is InChI=1S/C14H15F2NO2S/c1-8-9(2)13(19)17(12(8)18)7-10-5-3-4-6-11(10)20-14(15)16/h3-6,8-9,14H,7H2,1-2H3/t8-,9+. The molecule has 0 aromatic heterocycles. The number of carbonyl (C=O) groups excluding carboxylic acids is 2. The highest BCUT2D eigenvalue weighted by Crippen LogP contribution is 2.32. The van der Waals surface area contributed by atoms with E-state index in [0.717, 1.165) is 0 Å². The van der Waals surface area contributed by atoms with E-state index in [1.165, 1.54) is 4.90 Å². The Morgan fingerprint density at radius 1 is 1.15 bits per heavy atom. The Morgan fingerprint density at radius 3 is 2.25 bits per heavy atom. The predicted molar refractivity (Wildman–Crippen MR) is 72.2 cm³/mol. The van der Waals surface area contributed by atoms with E-state index in [4.69, 9.17) is 0 Å². The lowest BCUT2D eigenvalue weighted by Crippen LogP contribution is -2.30. The zero-order valence-corrected chi connectivity index (χ0v) is 12.0. The van der Waals surface area contributed by atoms with Gasteiger partial charge in [0, 0.05) is 16.7 Å². The third kappa shape index (κ3) is 2.85. The minimum atomic E-state index is -2.53. The molecule has 20 heavy (non-hydrogen) atoms. The zero-order valence-electron chi connectivity index (χ0n) is 11.2. The monoisotopic (exact) mass is 299 g/mol. The number of benzene rings is 1. The van der Waals surface area contributed by atoms with Crippen molar-refractivity contribution in [1.82, 2.24) is 4.90 Å². The average Bonchev–Trinajstić information content (AvgIpc) is 2.58. The van der Waals surface area contributed by atoms with Crippen LogP contribution in [-0.2, 0) is 16.1 Å². The first-order chi connectivity index (χ1) is 9.41. The van der Waals surface area contributed by atoms with Gasteiger partial charge in [0.25, 0.3) is 5.76 Å². The second-order valence-electron chi connectivity index (χ2n) is 4.83. The van der Waals surface area contributed by atoms with Crippen molar-refractivity contribution < 1.29 is 18.4 Å². The maximum atomic E-state index is 12.5. The summed E-state index contributed by atoms with van der Waals surface area (Å²) in [5.74, 6) is -3.70. The van der Waals surface area contributed by atoms with Crippen LogP contribution >= 0.6 is 11.8 Å². The van der Waals surface area contributed by atoms with Crippen LogP contribution in [0.25, 0.3) is 0 Å². The number of thioether (sulfide) groups is 1. The Labute approximate surface area is 120 Å². The second-order valence-corrected chi connectivity index (χ2v) is 5.86. The lowest BCUT2D eigenvalue weighted by atomic mass is 10.00. The van der Waals surface area contributed by atoms with Crippen LogP contribution in [0.4, 0.5) is 8.78 Å². The van der Waals surface area contributed by atoms with Gasteiger partial charge in [-0.25, -0.2) is 0 Å². The zero-order chi connectivity index (χ0) is 14.9. The van der Waals surface area contributed by atoms with E-state index in [1.807, 2.05) is 0 Å². The number of amides is 2. The van der Waals surface area contributed by atoms with E-state index in [0.29, 0.717) is 22.2 Å². The predicted octanol–water partition coefficient (Wildman–Crippen LogP) is 3.14. The molecule has 0 N–H and O–H groups in total. The summed E-state index contributed by atoms with van der Waals surface area (Å²) < 4.78 is 25.0. The lowest BCUT2D eigenvalue weighted by Gasteiger charge is -2.17. The van der Waals surface area contributed by atoms with Gasteiger partial charge in [-0.1, -0.05) is 43.8 Å². The highest BCUT2D eigenvalue weighted by atomic mass is 32.2. The number of rotatable bonds is 4. The number of imide groups is 1. The number of carbonyl (C=O) groups is 2. The molecule has 0 radical (unpaired) electrons. The number of likely N-dealkylation sites (tertiary alicyclic amines) is 1. The Bertz CT molecular complexity index is 516. The van der Waals surface area contributed by atoms with Gasteiger partial charge in [-0.15, -0.1) is 0 Å². The van der Waals surface area contributed by atoms with Gasteiger partial charge in [-0.05, 0) is 11.6 Å². The molecule has 1 fully saturated rings. The van der Waals surface area contributed by atoms with Crippen molar-refractivity contribution in [3.63, 3.8) is 0 Å². The Balaban J connectivity index is 2.22. The summed E-state index contributed by atoms with van der Waals surface area (Å²) in [5, 5.41) is 0. The molecular weight excluding hydrogens is 284 g/mol. The average molecular weight is 299 g/mol. The Kier molecular flexibility index (Phi) is 4.42. The topological polar surface area (TPSA) is 37.4 Å².